The zero-order chi connectivity index (χ0) is 26.8. The number of carbonyl (C=O) groups excluding carboxylic acids is 5. The molecule has 208 valence electrons. The lowest BCUT2D eigenvalue weighted by atomic mass is 9.98. The lowest BCUT2D eigenvalue weighted by Crippen LogP contribution is -2.49. The van der Waals surface area contributed by atoms with E-state index in [2.05, 4.69) is 39.2 Å². The van der Waals surface area contributed by atoms with Gasteiger partial charge in [-0.1, -0.05) is 6.42 Å². The van der Waals surface area contributed by atoms with Crippen molar-refractivity contribution < 1.29 is 28.8 Å². The van der Waals surface area contributed by atoms with Crippen LogP contribution in [0.25, 0.3) is 0 Å². The first-order chi connectivity index (χ1) is 17.7. The number of likely N-dealkylation sites (tertiary alicyclic amines) is 1. The highest BCUT2D eigenvalue weighted by Gasteiger charge is 2.33. The van der Waals surface area contributed by atoms with E-state index in [1.54, 1.807) is 0 Å². The normalized spacial score (nSPS) is 23.8. The third-order valence-electron chi connectivity index (χ3n) is 7.42. The van der Waals surface area contributed by atoms with E-state index >= 15 is 0 Å². The summed E-state index contributed by atoms with van der Waals surface area (Å²) in [5.41, 5.74) is 0. The molecule has 2 atom stereocenters. The number of amides is 4. The highest BCUT2D eigenvalue weighted by molar-refractivity contribution is 6.01. The van der Waals surface area contributed by atoms with Crippen molar-refractivity contribution in [1.82, 2.24) is 30.4 Å². The number of hydrogen-bond donors (Lipinski definition) is 2. The van der Waals surface area contributed by atoms with Gasteiger partial charge in [0.1, 0.15) is 0 Å². The summed E-state index contributed by atoms with van der Waals surface area (Å²) in [5, 5.41) is 6.36. The van der Waals surface area contributed by atoms with Crippen LogP contribution >= 0.6 is 0 Å². The molecule has 3 rings (SSSR count). The molecule has 3 aliphatic heterocycles. The fourth-order valence-electron chi connectivity index (χ4n) is 5.06. The molecule has 12 heteroatoms. The first-order valence-electron chi connectivity index (χ1n) is 13.5. The molecule has 3 aliphatic rings. The molecular weight excluding hydrogens is 483 g/mol. The zero-order valence-corrected chi connectivity index (χ0v) is 22.2. The van der Waals surface area contributed by atoms with E-state index in [9.17, 15) is 24.0 Å². The molecule has 0 aromatic rings. The van der Waals surface area contributed by atoms with Gasteiger partial charge in [0, 0.05) is 83.7 Å². The monoisotopic (exact) mass is 525 g/mol. The molecule has 0 spiro atoms. The minimum atomic E-state index is -0.583. The Bertz CT molecular complexity index is 804. The van der Waals surface area contributed by atoms with Crippen LogP contribution in [0.1, 0.15) is 58.8 Å². The topological polar surface area (TPSA) is 132 Å². The maximum absolute atomic E-state index is 12.3. The Hall–Kier alpha value is -2.57. The van der Waals surface area contributed by atoms with E-state index < -0.39 is 17.8 Å². The van der Waals surface area contributed by atoms with Gasteiger partial charge in [0.25, 0.3) is 11.8 Å². The number of piperazine rings is 1. The van der Waals surface area contributed by atoms with Crippen LogP contribution in [0, 0.1) is 0 Å². The molecule has 0 aromatic heterocycles. The number of rotatable bonds is 12. The van der Waals surface area contributed by atoms with Crippen LogP contribution in [0.5, 0.6) is 0 Å². The summed E-state index contributed by atoms with van der Waals surface area (Å²) < 4.78 is 0. The molecule has 2 unspecified atom stereocenters. The molecule has 37 heavy (non-hydrogen) atoms. The van der Waals surface area contributed by atoms with E-state index in [4.69, 9.17) is 4.84 Å². The number of piperidine rings is 1. The number of carbonyl (C=O) groups is 5. The van der Waals surface area contributed by atoms with Crippen LogP contribution in [0.15, 0.2) is 0 Å². The summed E-state index contributed by atoms with van der Waals surface area (Å²) in [5.74, 6) is -1.63. The van der Waals surface area contributed by atoms with E-state index in [1.807, 2.05) is 0 Å². The molecule has 0 aliphatic carbocycles. The summed E-state index contributed by atoms with van der Waals surface area (Å²) in [4.78, 5) is 70.9. The maximum Gasteiger partial charge on any atom is 0.334 e. The fraction of sp³-hybridized carbons (Fsp3) is 0.800. The summed E-state index contributed by atoms with van der Waals surface area (Å²) in [7, 11) is 0. The van der Waals surface area contributed by atoms with E-state index in [0.29, 0.717) is 43.3 Å². The fourth-order valence-corrected chi connectivity index (χ4v) is 5.06. The molecule has 0 aromatic carbocycles. The van der Waals surface area contributed by atoms with Crippen molar-refractivity contribution in [2.75, 3.05) is 58.9 Å². The van der Waals surface area contributed by atoms with Gasteiger partial charge in [-0.2, -0.15) is 0 Å². The second-order valence-corrected chi connectivity index (χ2v) is 10.2. The van der Waals surface area contributed by atoms with Gasteiger partial charge >= 0.3 is 5.97 Å². The van der Waals surface area contributed by atoms with Crippen LogP contribution in [0.4, 0.5) is 0 Å². The minimum Gasteiger partial charge on any atom is -0.355 e. The Morgan fingerprint density at radius 2 is 1.38 bits per heavy atom. The average Bonchev–Trinajstić information content (AvgIpc) is 3.18. The lowest BCUT2D eigenvalue weighted by molar-refractivity contribution is -0.197. The Morgan fingerprint density at radius 1 is 0.811 bits per heavy atom. The molecule has 0 radical (unpaired) electrons. The van der Waals surface area contributed by atoms with Gasteiger partial charge in [0.2, 0.25) is 11.8 Å². The van der Waals surface area contributed by atoms with E-state index in [1.165, 1.54) is 6.42 Å². The first-order valence-corrected chi connectivity index (χ1v) is 13.5. The second-order valence-electron chi connectivity index (χ2n) is 10.2. The molecule has 0 saturated carbocycles. The third kappa shape index (κ3) is 9.35. The van der Waals surface area contributed by atoms with Crippen LogP contribution in [0.2, 0.25) is 0 Å². The number of hydrogen-bond acceptors (Lipinski definition) is 9. The van der Waals surface area contributed by atoms with Crippen LogP contribution in [-0.4, -0.2) is 120 Å². The molecule has 2 N–H and O–H groups in total. The van der Waals surface area contributed by atoms with Crippen molar-refractivity contribution in [3.05, 3.63) is 0 Å². The highest BCUT2D eigenvalue weighted by Crippen LogP contribution is 2.21. The SMILES string of the molecule is CC1CCCC(C)N1CC(=O)[15NH]CCC(=O)[15NH]CC[15N]1CCN(CCC(=O)ON2C(=O)CCC2=O)CC1. The largest absolute Gasteiger partial charge is 0.355 e. The molecule has 4 amide bonds. The summed E-state index contributed by atoms with van der Waals surface area (Å²) >= 11 is 0. The smallest absolute Gasteiger partial charge is 0.334 e. The second kappa shape index (κ2) is 14.4. The Kier molecular flexibility index (Phi) is 11.3. The predicted molar refractivity (Wildman–Crippen MR) is 135 cm³/mol. The van der Waals surface area contributed by atoms with Gasteiger partial charge in [-0.05, 0) is 26.7 Å². The molecule has 3 heterocycles. The summed E-state index contributed by atoms with van der Waals surface area (Å²) in [6.45, 7) is 10.0. The van der Waals surface area contributed by atoms with E-state index in [-0.39, 0.29) is 37.5 Å². The van der Waals surface area contributed by atoms with E-state index in [0.717, 1.165) is 45.6 Å². The van der Waals surface area contributed by atoms with Crippen molar-refractivity contribution in [2.45, 2.75) is 70.9 Å². The first kappa shape index (κ1) is 29.0. The maximum atomic E-state index is 12.3. The number of hydroxylamine groups is 2. The van der Waals surface area contributed by atoms with Crippen LogP contribution < -0.4 is 10.6 Å². The van der Waals surface area contributed by atoms with Crippen LogP contribution in [-0.2, 0) is 28.8 Å². The standard InChI is InChI=1S/C25H42N6O6/c1-19-4-3-5-20(2)30(19)18-22(33)26-10-8-21(32)27-11-13-29-16-14-28(15-17-29)12-9-25(36)37-31-23(34)6-7-24(31)35/h19-20H,3-18H2,1-2H3,(H,26,33)(H,27,32)/i26+1,27+1,29+1. The highest BCUT2D eigenvalue weighted by atomic mass is 16.7. The Labute approximate surface area is 218 Å². The van der Waals surface area contributed by atoms with Gasteiger partial charge in [-0.15, -0.1) is 5.06 Å². The van der Waals surface area contributed by atoms with Crippen molar-refractivity contribution in [3.63, 3.8) is 0 Å². The van der Waals surface area contributed by atoms with Crippen molar-refractivity contribution in [3.8, 4) is 0 Å². The van der Waals surface area contributed by atoms with Crippen LogP contribution in [0.3, 0.4) is 0 Å². The number of imide groups is 1. The lowest BCUT2D eigenvalue weighted by Gasteiger charge is -2.38. The third-order valence-corrected chi connectivity index (χ3v) is 7.42. The molecular formula is C25H42N6O6. The van der Waals surface area contributed by atoms with Gasteiger partial charge < -0.3 is 20.4 Å². The van der Waals surface area contributed by atoms with Gasteiger partial charge in [0.15, 0.2) is 0 Å². The number of nitrogens with zero attached hydrogens (tertiary/aromatic N) is 4. The zero-order valence-electron chi connectivity index (χ0n) is 22.2. The Morgan fingerprint density at radius 3 is 2.00 bits per heavy atom. The predicted octanol–water partition coefficient (Wildman–Crippen LogP) is -0.513. The van der Waals surface area contributed by atoms with Crippen molar-refractivity contribution in [1.29, 1.82) is 0 Å². The van der Waals surface area contributed by atoms with Crippen molar-refractivity contribution >= 4 is 29.6 Å². The van der Waals surface area contributed by atoms with Gasteiger partial charge in [-0.3, -0.25) is 29.0 Å². The van der Waals surface area contributed by atoms with Gasteiger partial charge in [-0.25, -0.2) is 4.79 Å². The Balaban J connectivity index is 1.19. The average molecular weight is 526 g/mol. The number of nitrogens with one attached hydrogen (secondary N) is 2. The molecule has 0 bridgehead atoms. The molecule has 12 nitrogen and oxygen atoms in total. The molecule has 3 saturated heterocycles. The van der Waals surface area contributed by atoms with Crippen molar-refractivity contribution in [2.24, 2.45) is 0 Å². The summed E-state index contributed by atoms with van der Waals surface area (Å²) in [6.07, 6.45) is 3.99. The molecule has 3 fully saturated rings. The quantitative estimate of drug-likeness (QED) is 0.255. The summed E-state index contributed by atoms with van der Waals surface area (Å²) in [6, 6.07) is 0.824. The van der Waals surface area contributed by atoms with Gasteiger partial charge in [0.05, 0.1) is 13.0 Å². The minimum absolute atomic E-state index is 0.0300.